The van der Waals surface area contributed by atoms with E-state index in [1.807, 2.05) is 0 Å². The van der Waals surface area contributed by atoms with Crippen molar-refractivity contribution in [1.29, 1.82) is 0 Å². The molecule has 1 aliphatic rings. The average molecular weight is 356 g/mol. The number of fused-ring (bicyclic) bond motifs is 3. The molecule has 1 aliphatic carbocycles. The second-order valence-electron chi connectivity index (χ2n) is 5.15. The van der Waals surface area contributed by atoms with E-state index in [-0.39, 0.29) is 55.3 Å². The molecule has 3 rings (SSSR count). The first kappa shape index (κ1) is 20.0. The molecule has 0 heterocycles. The fourth-order valence-electron chi connectivity index (χ4n) is 3.02. The molecule has 2 aromatic carbocycles. The van der Waals surface area contributed by atoms with E-state index in [1.165, 1.54) is 16.3 Å². The fourth-order valence-corrected chi connectivity index (χ4v) is 4.76. The molecule has 0 unspecified atom stereocenters. The van der Waals surface area contributed by atoms with Crippen LogP contribution in [-0.4, -0.2) is 8.80 Å². The van der Waals surface area contributed by atoms with Crippen LogP contribution < -0.4 is 24.8 Å². The Hall–Kier alpha value is -0.0488. The van der Waals surface area contributed by atoms with Crippen molar-refractivity contribution in [2.75, 3.05) is 0 Å². The monoisotopic (exact) mass is 355 g/mol. The van der Waals surface area contributed by atoms with E-state index in [4.69, 9.17) is 0 Å². The van der Waals surface area contributed by atoms with Gasteiger partial charge >= 0.3 is 21.7 Å². The molecule has 4 heteroatoms. The fraction of sp³-hybridized carbons (Fsp3) is 0.250. The zero-order chi connectivity index (χ0) is 12.0. The summed E-state index contributed by atoms with van der Waals surface area (Å²) in [7, 11) is -0.383. The minimum Gasteiger partial charge on any atom is -1.00 e. The van der Waals surface area contributed by atoms with Crippen molar-refractivity contribution in [3.05, 3.63) is 53.1 Å². The molecule has 0 amide bonds. The van der Waals surface area contributed by atoms with Crippen LogP contribution in [0.4, 0.5) is 0 Å². The van der Waals surface area contributed by atoms with Gasteiger partial charge in [-0.05, 0) is 35.2 Å². The molecule has 20 heavy (non-hydrogen) atoms. The Morgan fingerprint density at radius 2 is 1.60 bits per heavy atom. The summed E-state index contributed by atoms with van der Waals surface area (Å²) in [5, 5.41) is 4.49. The predicted octanol–water partition coefficient (Wildman–Crippen LogP) is -1.53. The normalized spacial score (nSPS) is 12.6. The van der Waals surface area contributed by atoms with Gasteiger partial charge in [0.05, 0.1) is 8.80 Å². The van der Waals surface area contributed by atoms with E-state index in [0.29, 0.717) is 0 Å². The maximum absolute atomic E-state index is 2.40. The van der Waals surface area contributed by atoms with Crippen molar-refractivity contribution in [3.63, 3.8) is 0 Å². The summed E-state index contributed by atoms with van der Waals surface area (Å²) in [5.74, 6) is 0. The van der Waals surface area contributed by atoms with Gasteiger partial charge in [-0.2, -0.15) is 0 Å². The van der Waals surface area contributed by atoms with Crippen LogP contribution in [0.15, 0.2) is 42.0 Å². The van der Waals surface area contributed by atoms with E-state index < -0.39 is 0 Å². The van der Waals surface area contributed by atoms with Gasteiger partial charge in [-0.3, -0.25) is 0 Å². The summed E-state index contributed by atoms with van der Waals surface area (Å²) in [6.07, 6.45) is 1.16. The van der Waals surface area contributed by atoms with Gasteiger partial charge in [0.1, 0.15) is 0 Å². The maximum Gasteiger partial charge on any atom is 2.00 e. The van der Waals surface area contributed by atoms with Gasteiger partial charge < -0.3 is 24.8 Å². The Morgan fingerprint density at radius 3 is 2.25 bits per heavy atom. The van der Waals surface area contributed by atoms with Crippen LogP contribution in [0.25, 0.3) is 16.0 Å². The Morgan fingerprint density at radius 1 is 0.950 bits per heavy atom. The summed E-state index contributed by atoms with van der Waals surface area (Å²) in [6, 6.07) is 13.4. The van der Waals surface area contributed by atoms with Crippen molar-refractivity contribution >= 4 is 24.8 Å². The molecule has 0 atom stereocenters. The number of allylic oxidation sites excluding steroid dienone is 1. The zero-order valence-corrected chi connectivity index (χ0v) is 16.0. The second kappa shape index (κ2) is 7.82. The van der Waals surface area contributed by atoms with Crippen LogP contribution >= 0.6 is 0 Å². The average Bonchev–Trinajstić information content (AvgIpc) is 2.65. The Kier molecular flexibility index (Phi) is 7.80. The molecule has 0 N–H and O–H groups in total. The summed E-state index contributed by atoms with van der Waals surface area (Å²) < 4.78 is 0. The van der Waals surface area contributed by atoms with E-state index in [2.05, 4.69) is 56.4 Å². The van der Waals surface area contributed by atoms with E-state index >= 15 is 0 Å². The molecule has 0 aliphatic heterocycles. The molecule has 103 valence electrons. The van der Waals surface area contributed by atoms with Gasteiger partial charge in [-0.15, -0.1) is 0 Å². The molecule has 0 bridgehead atoms. The third-order valence-corrected chi connectivity index (χ3v) is 5.32. The van der Waals surface area contributed by atoms with Crippen LogP contribution in [-0.2, 0) is 28.1 Å². The minimum absolute atomic E-state index is 0. The summed E-state index contributed by atoms with van der Waals surface area (Å²) in [4.78, 5) is 0. The minimum atomic E-state index is -0.383. The molecule has 0 fully saturated rings. The SMILES string of the molecule is CC1=C([Si](C)C)c2c(ccc3ccccc23)C1.[Cl-].[Cl-].[Ti+2]. The number of hydrogen-bond acceptors (Lipinski definition) is 0. The maximum atomic E-state index is 2.40. The topological polar surface area (TPSA) is 0 Å². The Bertz CT molecular complexity index is 635. The first-order valence-corrected chi connectivity index (χ1v) is 8.70. The van der Waals surface area contributed by atoms with Gasteiger partial charge in [-0.1, -0.05) is 60.3 Å². The molecule has 2 aromatic rings. The molecule has 1 radical (unpaired) electrons. The quantitative estimate of drug-likeness (QED) is 0.544. The third-order valence-electron chi connectivity index (χ3n) is 3.65. The molecule has 0 spiro atoms. The van der Waals surface area contributed by atoms with Crippen LogP contribution in [0, 0.1) is 0 Å². The summed E-state index contributed by atoms with van der Waals surface area (Å²) in [6.45, 7) is 7.11. The van der Waals surface area contributed by atoms with Crippen LogP contribution in [0.5, 0.6) is 0 Å². The third kappa shape index (κ3) is 3.23. The van der Waals surface area contributed by atoms with E-state index in [1.54, 1.807) is 16.3 Å². The largest absolute Gasteiger partial charge is 2.00 e. The van der Waals surface area contributed by atoms with Crippen molar-refractivity contribution in [2.24, 2.45) is 0 Å². The molecule has 0 saturated carbocycles. The first-order valence-electron chi connectivity index (χ1n) is 6.20. The van der Waals surface area contributed by atoms with Gasteiger partial charge in [0.2, 0.25) is 0 Å². The van der Waals surface area contributed by atoms with Gasteiger partial charge in [0.15, 0.2) is 0 Å². The van der Waals surface area contributed by atoms with Gasteiger partial charge in [-0.25, -0.2) is 0 Å². The van der Waals surface area contributed by atoms with Crippen molar-refractivity contribution in [1.82, 2.24) is 0 Å². The number of hydrogen-bond donors (Lipinski definition) is 0. The molecule has 0 nitrogen and oxygen atoms in total. The van der Waals surface area contributed by atoms with Crippen LogP contribution in [0.1, 0.15) is 18.1 Å². The molecular formula is C16H17Cl2SiTi. The summed E-state index contributed by atoms with van der Waals surface area (Å²) in [5.41, 5.74) is 4.68. The smallest absolute Gasteiger partial charge is 1.00 e. The Balaban J connectivity index is 0.00000120. The van der Waals surface area contributed by atoms with Gasteiger partial charge in [0.25, 0.3) is 0 Å². The van der Waals surface area contributed by atoms with Crippen LogP contribution in [0.2, 0.25) is 13.1 Å². The van der Waals surface area contributed by atoms with Gasteiger partial charge in [0, 0.05) is 0 Å². The van der Waals surface area contributed by atoms with Crippen molar-refractivity contribution < 1.29 is 46.5 Å². The van der Waals surface area contributed by atoms with Crippen LogP contribution in [0.3, 0.4) is 0 Å². The molecule has 0 saturated heterocycles. The number of benzene rings is 2. The Labute approximate surface area is 150 Å². The van der Waals surface area contributed by atoms with Crippen molar-refractivity contribution in [3.8, 4) is 0 Å². The predicted molar refractivity (Wildman–Crippen MR) is 77.7 cm³/mol. The molecule has 0 aromatic heterocycles. The van der Waals surface area contributed by atoms with E-state index in [9.17, 15) is 0 Å². The first-order chi connectivity index (χ1) is 8.18. The number of rotatable bonds is 1. The second-order valence-corrected chi connectivity index (χ2v) is 7.65. The summed E-state index contributed by atoms with van der Waals surface area (Å²) >= 11 is 0. The molecular weight excluding hydrogens is 339 g/mol. The number of halogens is 2. The standard InChI is InChI=1S/C16H17Si.2ClH.Ti/c1-11-10-13-9-8-12-6-4-5-7-14(12)15(13)16(11)17(2)3;;;/h4-9H,10H2,1-3H3;2*1H;/q;;;+2/p-2. The van der Waals surface area contributed by atoms with Crippen molar-refractivity contribution in [2.45, 2.75) is 26.4 Å². The zero-order valence-electron chi connectivity index (χ0n) is 11.9. The van der Waals surface area contributed by atoms with E-state index in [0.717, 1.165) is 6.42 Å².